The SMILES string of the molecule is CCCc1cc(-c2ccc(C(F)(F)F)cc2CN(C(=O)OC(C)(C)C)[C@@H](C)[C@H](OC(=O)Oc2ccc(CCOP(=O)(OCc3ccccc3)OCc3ccccc3)cc2OC)c2cc(C(F)(F)F)cc(C(F)(F)F)c2)c(OC)cc1F. The number of methoxy groups -OCH3 is 2. The van der Waals surface area contributed by atoms with Gasteiger partial charge in [-0.3, -0.25) is 18.5 Å². The second kappa shape index (κ2) is 26.6. The van der Waals surface area contributed by atoms with E-state index in [2.05, 4.69) is 0 Å². The van der Waals surface area contributed by atoms with Gasteiger partial charge in [0.2, 0.25) is 0 Å². The monoisotopic (exact) mass is 1170 g/mol. The predicted molar refractivity (Wildman–Crippen MR) is 278 cm³/mol. The fraction of sp³-hybridized carbons (Fsp3) is 0.345. The number of phosphoric ester groups is 1. The Morgan fingerprint density at radius 3 is 1.68 bits per heavy atom. The molecule has 0 fully saturated rings. The summed E-state index contributed by atoms with van der Waals surface area (Å²) < 4.78 is 204. The van der Waals surface area contributed by atoms with Crippen LogP contribution in [-0.2, 0) is 78.7 Å². The Bertz CT molecular complexity index is 3070. The molecule has 0 aliphatic rings. The summed E-state index contributed by atoms with van der Waals surface area (Å²) in [6.45, 7) is 5.57. The second-order valence-corrected chi connectivity index (χ2v) is 21.0. The first-order chi connectivity index (χ1) is 38.0. The average molecular weight is 1170 g/mol. The first kappa shape index (κ1) is 63.1. The van der Waals surface area contributed by atoms with Crippen LogP contribution >= 0.6 is 7.82 Å². The number of amides is 1. The molecule has 0 bridgehead atoms. The molecule has 23 heteroatoms. The lowest BCUT2D eigenvalue weighted by molar-refractivity contribution is -0.143. The number of carbonyl (C=O) groups is 2. The van der Waals surface area contributed by atoms with Crippen molar-refractivity contribution in [1.82, 2.24) is 4.90 Å². The maximum absolute atomic E-state index is 15.3. The van der Waals surface area contributed by atoms with E-state index in [-0.39, 0.29) is 84.6 Å². The smallest absolute Gasteiger partial charge is 0.496 e. The number of benzene rings is 6. The topological polar surface area (TPSA) is 128 Å². The van der Waals surface area contributed by atoms with Gasteiger partial charge in [-0.2, -0.15) is 39.5 Å². The minimum Gasteiger partial charge on any atom is -0.496 e. The molecular formula is C58H58F10NO11P. The van der Waals surface area contributed by atoms with E-state index < -0.39 is 96.7 Å². The Morgan fingerprint density at radius 1 is 0.593 bits per heavy atom. The highest BCUT2D eigenvalue weighted by atomic mass is 31.2. The van der Waals surface area contributed by atoms with Gasteiger partial charge in [-0.15, -0.1) is 0 Å². The number of nitrogens with zero attached hydrogens (tertiary/aromatic N) is 1. The van der Waals surface area contributed by atoms with Crippen molar-refractivity contribution in [3.05, 3.63) is 183 Å². The zero-order valence-electron chi connectivity index (χ0n) is 44.9. The van der Waals surface area contributed by atoms with Crippen molar-refractivity contribution in [3.63, 3.8) is 0 Å². The summed E-state index contributed by atoms with van der Waals surface area (Å²) >= 11 is 0. The molecule has 6 aromatic carbocycles. The zero-order valence-corrected chi connectivity index (χ0v) is 45.8. The molecule has 2 atom stereocenters. The van der Waals surface area contributed by atoms with Crippen molar-refractivity contribution in [3.8, 4) is 28.4 Å². The maximum Gasteiger partial charge on any atom is 0.514 e. The Kier molecular flexibility index (Phi) is 20.7. The van der Waals surface area contributed by atoms with Crippen LogP contribution in [0, 0.1) is 5.82 Å². The van der Waals surface area contributed by atoms with E-state index in [1.54, 1.807) is 67.6 Å². The third kappa shape index (κ3) is 17.7. The van der Waals surface area contributed by atoms with Crippen LogP contribution in [0.4, 0.5) is 53.5 Å². The molecule has 0 spiro atoms. The van der Waals surface area contributed by atoms with Crippen molar-refractivity contribution >= 4 is 20.1 Å². The number of rotatable bonds is 22. The molecule has 0 aliphatic carbocycles. The lowest BCUT2D eigenvalue weighted by Gasteiger charge is -2.36. The van der Waals surface area contributed by atoms with Crippen LogP contribution in [0.1, 0.15) is 97.2 Å². The van der Waals surface area contributed by atoms with Crippen molar-refractivity contribution < 1.29 is 95.3 Å². The number of hydrogen-bond donors (Lipinski definition) is 0. The van der Waals surface area contributed by atoms with Crippen LogP contribution in [0.15, 0.2) is 127 Å². The summed E-state index contributed by atoms with van der Waals surface area (Å²) in [6.07, 6.45) is -20.7. The van der Waals surface area contributed by atoms with Gasteiger partial charge in [0.15, 0.2) is 17.6 Å². The Labute approximate surface area is 461 Å². The Balaban J connectivity index is 1.37. The highest BCUT2D eigenvalue weighted by Gasteiger charge is 2.42. The largest absolute Gasteiger partial charge is 0.514 e. The summed E-state index contributed by atoms with van der Waals surface area (Å²) in [5, 5.41) is 0. The normalized spacial score (nSPS) is 13.0. The fourth-order valence-corrected chi connectivity index (χ4v) is 9.40. The number of aryl methyl sites for hydroxylation is 1. The van der Waals surface area contributed by atoms with Gasteiger partial charge in [0.1, 0.15) is 17.2 Å². The lowest BCUT2D eigenvalue weighted by Crippen LogP contribution is -2.45. The minimum atomic E-state index is -5.44. The van der Waals surface area contributed by atoms with Crippen molar-refractivity contribution in [2.45, 2.75) is 110 Å². The van der Waals surface area contributed by atoms with E-state index in [1.165, 1.54) is 59.3 Å². The molecule has 6 rings (SSSR count). The molecule has 436 valence electrons. The number of halogens is 10. The molecule has 0 saturated heterocycles. The quantitative estimate of drug-likeness (QED) is 0.0279. The van der Waals surface area contributed by atoms with Gasteiger partial charge >= 0.3 is 38.6 Å². The third-order valence-electron chi connectivity index (χ3n) is 12.2. The molecule has 0 N–H and O–H groups in total. The number of ether oxygens (including phenoxy) is 5. The molecule has 12 nitrogen and oxygen atoms in total. The summed E-state index contributed by atoms with van der Waals surface area (Å²) in [4.78, 5) is 29.2. The van der Waals surface area contributed by atoms with E-state index in [4.69, 9.17) is 37.3 Å². The van der Waals surface area contributed by atoms with Crippen LogP contribution in [0.5, 0.6) is 17.2 Å². The number of hydrogen-bond acceptors (Lipinski definition) is 11. The number of carbonyl (C=O) groups excluding carboxylic acids is 2. The minimum absolute atomic E-state index is 0.0209. The van der Waals surface area contributed by atoms with Gasteiger partial charge in [-0.1, -0.05) is 86.1 Å². The highest BCUT2D eigenvalue weighted by molar-refractivity contribution is 7.48. The summed E-state index contributed by atoms with van der Waals surface area (Å²) in [6, 6.07) is 24.8. The van der Waals surface area contributed by atoms with E-state index >= 15 is 4.39 Å². The molecule has 0 unspecified atom stereocenters. The summed E-state index contributed by atoms with van der Waals surface area (Å²) in [5.74, 6) is -1.40. The van der Waals surface area contributed by atoms with Gasteiger partial charge in [0, 0.05) is 11.6 Å². The molecule has 0 heterocycles. The van der Waals surface area contributed by atoms with Gasteiger partial charge < -0.3 is 23.7 Å². The first-order valence-electron chi connectivity index (χ1n) is 25.0. The van der Waals surface area contributed by atoms with Crippen LogP contribution in [0.25, 0.3) is 11.1 Å². The molecule has 0 radical (unpaired) electrons. The third-order valence-corrected chi connectivity index (χ3v) is 13.6. The van der Waals surface area contributed by atoms with Gasteiger partial charge in [0.05, 0.1) is 63.3 Å². The van der Waals surface area contributed by atoms with Gasteiger partial charge in [0.25, 0.3) is 0 Å². The Morgan fingerprint density at radius 2 is 1.16 bits per heavy atom. The van der Waals surface area contributed by atoms with Crippen LogP contribution in [0.2, 0.25) is 0 Å². The van der Waals surface area contributed by atoms with Crippen molar-refractivity contribution in [2.24, 2.45) is 0 Å². The van der Waals surface area contributed by atoms with Crippen LogP contribution in [-0.4, -0.2) is 49.6 Å². The van der Waals surface area contributed by atoms with Crippen LogP contribution in [0.3, 0.4) is 0 Å². The number of phosphoric acid groups is 1. The summed E-state index contributed by atoms with van der Waals surface area (Å²) in [5.41, 5.74) is -5.72. The van der Waals surface area contributed by atoms with Crippen molar-refractivity contribution in [1.29, 1.82) is 0 Å². The van der Waals surface area contributed by atoms with E-state index in [1.807, 2.05) is 0 Å². The van der Waals surface area contributed by atoms with Crippen molar-refractivity contribution in [2.75, 3.05) is 20.8 Å². The number of alkyl halides is 9. The second-order valence-electron chi connectivity index (χ2n) is 19.4. The molecular weight excluding hydrogens is 1110 g/mol. The standard InChI is InChI=1S/C58H58F10NO11P/c1-8-15-40-30-47(50(73-6)32-48(40)59)46-22-21-43(56(60,61)62)29-42(46)33-69(53(70)80-55(3,4)5)36(2)52(41-27-44(57(63,64)65)31-45(28-41)58(66,67)68)79-54(71)78-49-23-20-37(26-51(49)74-7)24-25-75-81(72,76-34-38-16-11-9-12-17-38)77-35-39-18-13-10-14-19-39/h9-14,16-23,26-32,36,52H,8,15,24-25,33-35H2,1-7H3/t36-,52-/m0/s1. The molecule has 0 saturated carbocycles. The van der Waals surface area contributed by atoms with E-state index in [0.29, 0.717) is 40.1 Å². The Hall–Kier alpha value is -7.13. The van der Waals surface area contributed by atoms with Gasteiger partial charge in [-0.25, -0.2) is 18.5 Å². The lowest BCUT2D eigenvalue weighted by atomic mass is 9.92. The highest BCUT2D eigenvalue weighted by Crippen LogP contribution is 2.51. The maximum atomic E-state index is 15.3. The van der Waals surface area contributed by atoms with Crippen LogP contribution < -0.4 is 14.2 Å². The summed E-state index contributed by atoms with van der Waals surface area (Å²) in [7, 11) is -1.87. The predicted octanol–water partition coefficient (Wildman–Crippen LogP) is 16.7. The molecule has 0 aliphatic heterocycles. The molecule has 6 aromatic rings. The zero-order chi connectivity index (χ0) is 59.5. The first-order valence-corrected chi connectivity index (χ1v) is 26.5. The molecule has 1 amide bonds. The van der Waals surface area contributed by atoms with Gasteiger partial charge in [-0.05, 0) is 128 Å². The average Bonchev–Trinajstić information content (AvgIpc) is 3.48. The molecule has 0 aromatic heterocycles. The van der Waals surface area contributed by atoms with E-state index in [9.17, 15) is 53.7 Å². The fourth-order valence-electron chi connectivity index (χ4n) is 8.25. The molecule has 81 heavy (non-hydrogen) atoms. The van der Waals surface area contributed by atoms with E-state index in [0.717, 1.165) is 19.1 Å².